The first-order chi connectivity index (χ1) is 9.88. The third kappa shape index (κ3) is 3.43. The van der Waals surface area contributed by atoms with Crippen LogP contribution in [0.3, 0.4) is 0 Å². The second kappa shape index (κ2) is 6.01. The van der Waals surface area contributed by atoms with Crippen LogP contribution in [0.1, 0.15) is 15.9 Å². The second-order valence-corrected chi connectivity index (χ2v) is 5.20. The van der Waals surface area contributed by atoms with Crippen LogP contribution < -0.4 is 5.32 Å². The fraction of sp³-hybridized carbons (Fsp3) is 0.0714. The molecule has 0 unspecified atom stereocenters. The van der Waals surface area contributed by atoms with Crippen molar-refractivity contribution in [3.05, 3.63) is 67.9 Å². The summed E-state index contributed by atoms with van der Waals surface area (Å²) in [5.74, 6) is -1.42. The molecule has 0 radical (unpaired) electrons. The average molecular weight is 353 g/mol. The van der Waals surface area contributed by atoms with E-state index >= 15 is 0 Å². The van der Waals surface area contributed by atoms with E-state index in [0.29, 0.717) is 5.56 Å². The van der Waals surface area contributed by atoms with Gasteiger partial charge in [0.2, 0.25) is 5.82 Å². The fourth-order valence-electron chi connectivity index (χ4n) is 1.67. The van der Waals surface area contributed by atoms with Gasteiger partial charge in [-0.2, -0.15) is 4.39 Å². The van der Waals surface area contributed by atoms with Crippen molar-refractivity contribution in [3.8, 4) is 0 Å². The van der Waals surface area contributed by atoms with Gasteiger partial charge in [-0.3, -0.25) is 14.9 Å². The van der Waals surface area contributed by atoms with Gasteiger partial charge in [0, 0.05) is 27.9 Å². The lowest BCUT2D eigenvalue weighted by Crippen LogP contribution is -2.12. The van der Waals surface area contributed by atoms with E-state index in [9.17, 15) is 19.3 Å². The van der Waals surface area contributed by atoms with E-state index in [1.165, 1.54) is 6.07 Å². The van der Waals surface area contributed by atoms with Gasteiger partial charge in [-0.1, -0.05) is 22.0 Å². The molecule has 2 rings (SSSR count). The molecule has 1 amide bonds. The van der Waals surface area contributed by atoms with Crippen molar-refractivity contribution >= 4 is 33.2 Å². The van der Waals surface area contributed by atoms with Crippen LogP contribution in [0.5, 0.6) is 0 Å². The van der Waals surface area contributed by atoms with Crippen molar-refractivity contribution < 1.29 is 14.1 Å². The molecular formula is C14H10BrFN2O3. The SMILES string of the molecule is Cc1ccc(C(=O)Nc2ccc([N+](=O)[O-])c(F)c2)cc1Br. The molecule has 0 fully saturated rings. The molecule has 0 spiro atoms. The molecule has 1 N–H and O–H groups in total. The molecule has 0 bridgehead atoms. The van der Waals surface area contributed by atoms with E-state index in [0.717, 1.165) is 22.2 Å². The Balaban J connectivity index is 2.21. The maximum atomic E-state index is 13.5. The smallest absolute Gasteiger partial charge is 0.304 e. The van der Waals surface area contributed by atoms with Gasteiger partial charge < -0.3 is 5.32 Å². The number of benzene rings is 2. The van der Waals surface area contributed by atoms with Gasteiger partial charge in [-0.15, -0.1) is 0 Å². The number of amides is 1. The quantitative estimate of drug-likeness (QED) is 0.668. The van der Waals surface area contributed by atoms with Crippen LogP contribution >= 0.6 is 15.9 Å². The van der Waals surface area contributed by atoms with Crippen molar-refractivity contribution in [2.24, 2.45) is 0 Å². The van der Waals surface area contributed by atoms with Crippen LogP contribution in [0.2, 0.25) is 0 Å². The van der Waals surface area contributed by atoms with Crippen molar-refractivity contribution in [3.63, 3.8) is 0 Å². The first-order valence-electron chi connectivity index (χ1n) is 5.90. The molecule has 0 atom stereocenters. The van der Waals surface area contributed by atoms with Gasteiger partial charge in [0.05, 0.1) is 4.92 Å². The van der Waals surface area contributed by atoms with Gasteiger partial charge in [-0.25, -0.2) is 0 Å². The number of nitro benzene ring substituents is 1. The lowest BCUT2D eigenvalue weighted by molar-refractivity contribution is -0.387. The Morgan fingerprint density at radius 3 is 2.57 bits per heavy atom. The van der Waals surface area contributed by atoms with Crippen LogP contribution in [0.15, 0.2) is 40.9 Å². The largest absolute Gasteiger partial charge is 0.322 e. The number of carbonyl (C=O) groups is 1. The first kappa shape index (κ1) is 15.1. The highest BCUT2D eigenvalue weighted by atomic mass is 79.9. The number of nitrogens with one attached hydrogen (secondary N) is 1. The lowest BCUT2D eigenvalue weighted by Gasteiger charge is -2.07. The molecule has 0 aromatic heterocycles. The van der Waals surface area contributed by atoms with Crippen LogP contribution in [0, 0.1) is 22.9 Å². The van der Waals surface area contributed by atoms with Gasteiger partial charge in [0.1, 0.15) is 0 Å². The Labute approximate surface area is 128 Å². The second-order valence-electron chi connectivity index (χ2n) is 4.34. The van der Waals surface area contributed by atoms with Gasteiger partial charge >= 0.3 is 5.69 Å². The molecule has 0 aliphatic carbocycles. The number of hydrogen-bond acceptors (Lipinski definition) is 3. The van der Waals surface area contributed by atoms with Crippen LogP contribution in [0.4, 0.5) is 15.8 Å². The lowest BCUT2D eigenvalue weighted by atomic mass is 10.1. The monoisotopic (exact) mass is 352 g/mol. The Kier molecular flexibility index (Phi) is 4.32. The molecule has 2 aromatic rings. The van der Waals surface area contributed by atoms with Gasteiger partial charge in [0.15, 0.2) is 0 Å². The molecule has 0 saturated heterocycles. The molecule has 2 aromatic carbocycles. The van der Waals surface area contributed by atoms with Gasteiger partial charge in [-0.05, 0) is 30.7 Å². The third-order valence-corrected chi connectivity index (χ3v) is 3.69. The maximum absolute atomic E-state index is 13.5. The Morgan fingerprint density at radius 2 is 2.00 bits per heavy atom. The summed E-state index contributed by atoms with van der Waals surface area (Å²) in [6, 6.07) is 8.26. The highest BCUT2D eigenvalue weighted by molar-refractivity contribution is 9.10. The fourth-order valence-corrected chi connectivity index (χ4v) is 2.05. The van der Waals surface area contributed by atoms with E-state index in [1.54, 1.807) is 18.2 Å². The number of anilines is 1. The predicted molar refractivity (Wildman–Crippen MR) is 79.9 cm³/mol. The minimum atomic E-state index is -0.997. The molecular weight excluding hydrogens is 343 g/mol. The number of nitrogens with zero attached hydrogens (tertiary/aromatic N) is 1. The molecule has 0 aliphatic heterocycles. The zero-order chi connectivity index (χ0) is 15.6. The number of rotatable bonds is 3. The summed E-state index contributed by atoms with van der Waals surface area (Å²) in [4.78, 5) is 21.7. The molecule has 0 aliphatic rings. The zero-order valence-corrected chi connectivity index (χ0v) is 12.5. The minimum absolute atomic E-state index is 0.153. The van der Waals surface area contributed by atoms with Crippen molar-refractivity contribution in [2.45, 2.75) is 6.92 Å². The van der Waals surface area contributed by atoms with Crippen molar-refractivity contribution in [2.75, 3.05) is 5.32 Å². The number of hydrogen-bond donors (Lipinski definition) is 1. The summed E-state index contributed by atoms with van der Waals surface area (Å²) in [6.07, 6.45) is 0. The summed E-state index contributed by atoms with van der Waals surface area (Å²) >= 11 is 3.32. The highest BCUT2D eigenvalue weighted by Crippen LogP contribution is 2.22. The maximum Gasteiger partial charge on any atom is 0.304 e. The summed E-state index contributed by atoms with van der Waals surface area (Å²) in [5.41, 5.74) is 0.894. The molecule has 21 heavy (non-hydrogen) atoms. The molecule has 0 saturated carbocycles. The first-order valence-corrected chi connectivity index (χ1v) is 6.69. The van der Waals surface area contributed by atoms with E-state index in [4.69, 9.17) is 0 Å². The molecule has 108 valence electrons. The number of carbonyl (C=O) groups excluding carboxylic acids is 1. The van der Waals surface area contributed by atoms with Crippen LogP contribution in [-0.4, -0.2) is 10.8 Å². The topological polar surface area (TPSA) is 72.2 Å². The van der Waals surface area contributed by atoms with Crippen LogP contribution in [0.25, 0.3) is 0 Å². The predicted octanol–water partition coefficient (Wildman–Crippen LogP) is 4.06. The standard InChI is InChI=1S/C14H10BrFN2O3/c1-8-2-3-9(6-11(8)15)14(19)17-10-4-5-13(18(20)21)12(16)7-10/h2-7H,1H3,(H,17,19). The van der Waals surface area contributed by atoms with Crippen molar-refractivity contribution in [1.29, 1.82) is 0 Å². The Morgan fingerprint density at radius 1 is 1.29 bits per heavy atom. The highest BCUT2D eigenvalue weighted by Gasteiger charge is 2.15. The molecule has 7 heteroatoms. The van der Waals surface area contributed by atoms with E-state index < -0.39 is 22.3 Å². The normalized spacial score (nSPS) is 10.2. The summed E-state index contributed by atoms with van der Waals surface area (Å²) < 4.78 is 14.3. The summed E-state index contributed by atoms with van der Waals surface area (Å²) in [5, 5.41) is 13.0. The molecule has 0 heterocycles. The van der Waals surface area contributed by atoms with E-state index in [2.05, 4.69) is 21.2 Å². The Bertz CT molecular complexity index is 734. The van der Waals surface area contributed by atoms with Crippen molar-refractivity contribution in [1.82, 2.24) is 0 Å². The van der Waals surface area contributed by atoms with Gasteiger partial charge in [0.25, 0.3) is 5.91 Å². The van der Waals surface area contributed by atoms with E-state index in [-0.39, 0.29) is 5.69 Å². The Hall–Kier alpha value is -2.28. The number of halogens is 2. The van der Waals surface area contributed by atoms with E-state index in [1.807, 2.05) is 6.92 Å². The number of aryl methyl sites for hydroxylation is 1. The molecule has 5 nitrogen and oxygen atoms in total. The average Bonchev–Trinajstić information content (AvgIpc) is 2.41. The summed E-state index contributed by atoms with van der Waals surface area (Å²) in [7, 11) is 0. The van der Waals surface area contributed by atoms with Crippen LogP contribution in [-0.2, 0) is 0 Å². The zero-order valence-electron chi connectivity index (χ0n) is 10.9. The minimum Gasteiger partial charge on any atom is -0.322 e. The third-order valence-electron chi connectivity index (χ3n) is 2.84. The summed E-state index contributed by atoms with van der Waals surface area (Å²) in [6.45, 7) is 1.89. The number of nitro groups is 1.